The molecule has 0 spiro atoms. The number of hydrogen-bond acceptors (Lipinski definition) is 3. The minimum Gasteiger partial charge on any atom is -0.484 e. The summed E-state index contributed by atoms with van der Waals surface area (Å²) in [6, 6.07) is 6.61. The van der Waals surface area contributed by atoms with Gasteiger partial charge in [0.1, 0.15) is 5.75 Å². The third-order valence-electron chi connectivity index (χ3n) is 5.39. The molecule has 0 radical (unpaired) electrons. The van der Waals surface area contributed by atoms with Crippen LogP contribution in [-0.4, -0.2) is 24.6 Å². The Bertz CT molecular complexity index is 558. The fourth-order valence-corrected chi connectivity index (χ4v) is 4.36. The molecule has 2 aliphatic carbocycles. The Labute approximate surface area is 138 Å². The largest absolute Gasteiger partial charge is 0.484 e. The standard InChI is InChI=1S/C19H28N2O2/c1-12-6-7-17(13(2)8-12)23-11-18(22)21-19-14-4-3-5-15(19)10-16(20)9-14/h6-8,14-16,19H,3-5,9-11,20H2,1-2H3,(H,21,22). The Morgan fingerprint density at radius 3 is 2.61 bits per heavy atom. The highest BCUT2D eigenvalue weighted by Crippen LogP contribution is 2.39. The lowest BCUT2D eigenvalue weighted by Gasteiger charge is -2.45. The number of ether oxygens (including phenoxy) is 1. The molecule has 3 N–H and O–H groups in total. The molecule has 0 aromatic heterocycles. The fourth-order valence-electron chi connectivity index (χ4n) is 4.36. The summed E-state index contributed by atoms with van der Waals surface area (Å²) in [6.45, 7) is 4.15. The second kappa shape index (κ2) is 6.91. The second-order valence-corrected chi connectivity index (χ2v) is 7.33. The minimum absolute atomic E-state index is 0.0117. The zero-order valence-electron chi connectivity index (χ0n) is 14.2. The van der Waals surface area contributed by atoms with Gasteiger partial charge in [0, 0.05) is 12.1 Å². The smallest absolute Gasteiger partial charge is 0.258 e. The normalized spacial score (nSPS) is 29.9. The first-order valence-corrected chi connectivity index (χ1v) is 8.78. The second-order valence-electron chi connectivity index (χ2n) is 7.33. The number of amides is 1. The molecule has 2 aliphatic rings. The molecule has 1 aromatic rings. The lowest BCUT2D eigenvalue weighted by atomic mass is 9.67. The topological polar surface area (TPSA) is 64.3 Å². The number of rotatable bonds is 4. The Morgan fingerprint density at radius 1 is 1.26 bits per heavy atom. The van der Waals surface area contributed by atoms with Gasteiger partial charge < -0.3 is 15.8 Å². The van der Waals surface area contributed by atoms with Gasteiger partial charge in [-0.1, -0.05) is 24.1 Å². The highest BCUT2D eigenvalue weighted by atomic mass is 16.5. The quantitative estimate of drug-likeness (QED) is 0.897. The van der Waals surface area contributed by atoms with E-state index in [9.17, 15) is 4.79 Å². The summed E-state index contributed by atoms with van der Waals surface area (Å²) in [6.07, 6.45) is 5.73. The summed E-state index contributed by atoms with van der Waals surface area (Å²) >= 11 is 0. The van der Waals surface area contributed by atoms with Crippen molar-refractivity contribution in [3.63, 3.8) is 0 Å². The van der Waals surface area contributed by atoms with E-state index in [1.54, 1.807) is 0 Å². The summed E-state index contributed by atoms with van der Waals surface area (Å²) in [7, 11) is 0. The Balaban J connectivity index is 1.55. The van der Waals surface area contributed by atoms with E-state index in [0.717, 1.165) is 24.2 Å². The van der Waals surface area contributed by atoms with Crippen LogP contribution in [0.2, 0.25) is 0 Å². The van der Waals surface area contributed by atoms with Crippen LogP contribution in [0.15, 0.2) is 18.2 Å². The zero-order valence-corrected chi connectivity index (χ0v) is 14.2. The number of hydrogen-bond donors (Lipinski definition) is 2. The van der Waals surface area contributed by atoms with Gasteiger partial charge in [-0.3, -0.25) is 4.79 Å². The van der Waals surface area contributed by atoms with Crippen molar-refractivity contribution >= 4 is 5.91 Å². The molecular weight excluding hydrogens is 288 g/mol. The minimum atomic E-state index is -0.0117. The third-order valence-corrected chi connectivity index (χ3v) is 5.39. The van der Waals surface area contributed by atoms with Gasteiger partial charge in [0.2, 0.25) is 0 Å². The number of nitrogens with one attached hydrogen (secondary N) is 1. The molecule has 4 heteroatoms. The third kappa shape index (κ3) is 3.86. The average molecular weight is 316 g/mol. The predicted octanol–water partition coefficient (Wildman–Crippen LogP) is 2.70. The maximum atomic E-state index is 12.3. The van der Waals surface area contributed by atoms with E-state index in [2.05, 4.69) is 18.3 Å². The van der Waals surface area contributed by atoms with Crippen molar-refractivity contribution in [1.29, 1.82) is 0 Å². The molecule has 2 bridgehead atoms. The molecule has 126 valence electrons. The molecule has 2 saturated carbocycles. The van der Waals surface area contributed by atoms with Crippen molar-refractivity contribution in [2.75, 3.05) is 6.61 Å². The van der Waals surface area contributed by atoms with E-state index >= 15 is 0 Å². The summed E-state index contributed by atoms with van der Waals surface area (Å²) in [4.78, 5) is 12.3. The van der Waals surface area contributed by atoms with Gasteiger partial charge in [-0.05, 0) is 63.0 Å². The van der Waals surface area contributed by atoms with Crippen LogP contribution in [0.25, 0.3) is 0 Å². The van der Waals surface area contributed by atoms with Gasteiger partial charge in [-0.2, -0.15) is 0 Å². The summed E-state index contributed by atoms with van der Waals surface area (Å²) in [5.41, 5.74) is 8.41. The van der Waals surface area contributed by atoms with Gasteiger partial charge in [0.15, 0.2) is 6.61 Å². The van der Waals surface area contributed by atoms with Gasteiger partial charge in [-0.15, -0.1) is 0 Å². The molecule has 23 heavy (non-hydrogen) atoms. The molecule has 3 rings (SSSR count). The van der Waals surface area contributed by atoms with Crippen LogP contribution < -0.4 is 15.8 Å². The fraction of sp³-hybridized carbons (Fsp3) is 0.632. The number of carbonyl (C=O) groups excluding carboxylic acids is 1. The van der Waals surface area contributed by atoms with Gasteiger partial charge >= 0.3 is 0 Å². The summed E-state index contributed by atoms with van der Waals surface area (Å²) < 4.78 is 5.70. The Hall–Kier alpha value is -1.55. The molecule has 2 unspecified atom stereocenters. The van der Waals surface area contributed by atoms with Crippen LogP contribution >= 0.6 is 0 Å². The van der Waals surface area contributed by atoms with Crippen LogP contribution in [0.4, 0.5) is 0 Å². The number of fused-ring (bicyclic) bond motifs is 2. The number of carbonyl (C=O) groups is 1. The molecule has 0 saturated heterocycles. The van der Waals surface area contributed by atoms with Crippen molar-refractivity contribution < 1.29 is 9.53 Å². The number of benzene rings is 1. The van der Waals surface area contributed by atoms with E-state index in [-0.39, 0.29) is 12.5 Å². The molecule has 4 nitrogen and oxygen atoms in total. The maximum absolute atomic E-state index is 12.3. The highest BCUT2D eigenvalue weighted by Gasteiger charge is 2.39. The Morgan fingerprint density at radius 2 is 1.96 bits per heavy atom. The first-order chi connectivity index (χ1) is 11.0. The molecule has 0 aliphatic heterocycles. The molecule has 1 amide bonds. The van der Waals surface area contributed by atoms with Crippen molar-refractivity contribution in [1.82, 2.24) is 5.32 Å². The van der Waals surface area contributed by atoms with Crippen molar-refractivity contribution in [3.8, 4) is 5.75 Å². The molecule has 2 fully saturated rings. The van der Waals surface area contributed by atoms with Gasteiger partial charge in [0.25, 0.3) is 5.91 Å². The summed E-state index contributed by atoms with van der Waals surface area (Å²) in [5.74, 6) is 1.86. The van der Waals surface area contributed by atoms with Crippen LogP contribution in [0.5, 0.6) is 5.75 Å². The van der Waals surface area contributed by atoms with Crippen molar-refractivity contribution in [3.05, 3.63) is 29.3 Å². The zero-order chi connectivity index (χ0) is 16.4. The molecule has 0 heterocycles. The lowest BCUT2D eigenvalue weighted by molar-refractivity contribution is -0.125. The van der Waals surface area contributed by atoms with Crippen LogP contribution in [0, 0.1) is 25.7 Å². The van der Waals surface area contributed by atoms with E-state index in [0.29, 0.717) is 23.9 Å². The summed E-state index contributed by atoms with van der Waals surface area (Å²) in [5, 5.41) is 3.22. The van der Waals surface area contributed by atoms with Gasteiger partial charge in [-0.25, -0.2) is 0 Å². The molecule has 1 aromatic carbocycles. The monoisotopic (exact) mass is 316 g/mol. The van der Waals surface area contributed by atoms with Crippen LogP contribution in [-0.2, 0) is 4.79 Å². The first kappa shape index (κ1) is 16.3. The predicted molar refractivity (Wildman–Crippen MR) is 91.4 cm³/mol. The number of aryl methyl sites for hydroxylation is 2. The number of nitrogens with two attached hydrogens (primary N) is 1. The Kier molecular flexibility index (Phi) is 4.90. The SMILES string of the molecule is Cc1ccc(OCC(=O)NC2C3CCCC2CC(N)C3)c(C)c1. The van der Waals surface area contributed by atoms with Crippen molar-refractivity contribution in [2.45, 2.75) is 58.0 Å². The van der Waals surface area contributed by atoms with E-state index < -0.39 is 0 Å². The van der Waals surface area contributed by atoms with E-state index in [4.69, 9.17) is 10.5 Å². The van der Waals surface area contributed by atoms with E-state index in [1.165, 1.54) is 24.8 Å². The lowest BCUT2D eigenvalue weighted by Crippen LogP contribution is -2.54. The van der Waals surface area contributed by atoms with E-state index in [1.807, 2.05) is 19.1 Å². The average Bonchev–Trinajstić information content (AvgIpc) is 2.47. The van der Waals surface area contributed by atoms with Crippen LogP contribution in [0.3, 0.4) is 0 Å². The first-order valence-electron chi connectivity index (χ1n) is 8.78. The maximum Gasteiger partial charge on any atom is 0.258 e. The molecular formula is C19H28N2O2. The van der Waals surface area contributed by atoms with Gasteiger partial charge in [0.05, 0.1) is 0 Å². The highest BCUT2D eigenvalue weighted by molar-refractivity contribution is 5.78. The van der Waals surface area contributed by atoms with Crippen LogP contribution in [0.1, 0.15) is 43.2 Å². The van der Waals surface area contributed by atoms with Crippen molar-refractivity contribution in [2.24, 2.45) is 17.6 Å². The molecule has 2 atom stereocenters.